The number of piperazine rings is 1. The number of pyridine rings is 1. The number of aromatic amines is 1. The van der Waals surface area contributed by atoms with Crippen LogP contribution in [0.1, 0.15) is 59.5 Å². The van der Waals surface area contributed by atoms with Crippen molar-refractivity contribution in [1.82, 2.24) is 19.8 Å². The van der Waals surface area contributed by atoms with Crippen molar-refractivity contribution in [3.05, 3.63) is 77.4 Å². The summed E-state index contributed by atoms with van der Waals surface area (Å²) in [5, 5.41) is 0.358. The number of carbonyl (C=O) groups excluding carboxylic acids is 1. The molecule has 1 N–H and O–H groups in total. The standard InChI is InChI=1S/C36H40FN5O3/c1-44-34-13-24(5-8-30(34)25-3-2-4-25)20-40-9-11-41(12-10-40)28-16-36(17-28)22-42(23-36)27-7-6-26(21-43)33(14-27)45-29-15-31-32(37)19-39-35(31)38-18-29/h5-8,13-15,18-19,21,25,28H,2-4,9-12,16-17,20,22-23H2,1H3,(H,38,39). The van der Waals surface area contributed by atoms with E-state index in [1.165, 1.54) is 55.6 Å². The van der Waals surface area contributed by atoms with E-state index in [0.717, 1.165) is 63.5 Å². The maximum Gasteiger partial charge on any atom is 0.153 e. The van der Waals surface area contributed by atoms with Crippen molar-refractivity contribution in [2.24, 2.45) is 5.41 Å². The fraction of sp³-hybridized carbons (Fsp3) is 0.444. The Labute approximate surface area is 263 Å². The maximum atomic E-state index is 14.1. The van der Waals surface area contributed by atoms with Crippen molar-refractivity contribution in [1.29, 1.82) is 0 Å². The van der Waals surface area contributed by atoms with Crippen LogP contribution in [0.5, 0.6) is 17.2 Å². The lowest BCUT2D eigenvalue weighted by atomic mass is 9.60. The molecule has 9 heteroatoms. The van der Waals surface area contributed by atoms with Gasteiger partial charge in [-0.3, -0.25) is 14.6 Å². The number of hydrogen-bond donors (Lipinski definition) is 1. The van der Waals surface area contributed by atoms with E-state index in [4.69, 9.17) is 9.47 Å². The predicted octanol–water partition coefficient (Wildman–Crippen LogP) is 6.37. The molecule has 0 amide bonds. The molecule has 4 fully saturated rings. The van der Waals surface area contributed by atoms with Gasteiger partial charge in [-0.25, -0.2) is 9.37 Å². The van der Waals surface area contributed by atoms with Crippen molar-refractivity contribution < 1.29 is 18.7 Å². The highest BCUT2D eigenvalue weighted by atomic mass is 19.1. The van der Waals surface area contributed by atoms with Crippen molar-refractivity contribution in [2.45, 2.75) is 50.6 Å². The zero-order valence-corrected chi connectivity index (χ0v) is 25.8. The third-order valence-electron chi connectivity index (χ3n) is 10.7. The van der Waals surface area contributed by atoms with Crippen molar-refractivity contribution in [2.75, 3.05) is 51.3 Å². The van der Waals surface area contributed by atoms with Gasteiger partial charge in [0.2, 0.25) is 0 Å². The van der Waals surface area contributed by atoms with Gasteiger partial charge in [0, 0.05) is 75.2 Å². The van der Waals surface area contributed by atoms with E-state index < -0.39 is 0 Å². The van der Waals surface area contributed by atoms with Crippen LogP contribution in [-0.4, -0.2) is 78.5 Å². The minimum atomic E-state index is -0.385. The van der Waals surface area contributed by atoms with Crippen molar-refractivity contribution in [3.8, 4) is 17.2 Å². The van der Waals surface area contributed by atoms with Gasteiger partial charge in [0.15, 0.2) is 6.29 Å². The summed E-state index contributed by atoms with van der Waals surface area (Å²) < 4.78 is 25.9. The molecular weight excluding hydrogens is 569 g/mol. The summed E-state index contributed by atoms with van der Waals surface area (Å²) in [6.45, 7) is 7.49. The minimum Gasteiger partial charge on any atom is -0.496 e. The number of benzene rings is 2. The van der Waals surface area contributed by atoms with E-state index in [1.807, 2.05) is 12.1 Å². The quantitative estimate of drug-likeness (QED) is 0.221. The Morgan fingerprint density at radius 2 is 1.87 bits per heavy atom. The van der Waals surface area contributed by atoms with E-state index >= 15 is 0 Å². The van der Waals surface area contributed by atoms with E-state index in [1.54, 1.807) is 19.2 Å². The molecule has 0 bridgehead atoms. The predicted molar refractivity (Wildman–Crippen MR) is 172 cm³/mol. The molecule has 2 aromatic carbocycles. The van der Waals surface area contributed by atoms with E-state index in [9.17, 15) is 9.18 Å². The first-order valence-electron chi connectivity index (χ1n) is 16.3. The third kappa shape index (κ3) is 5.36. The number of carbonyl (C=O) groups is 1. The molecule has 234 valence electrons. The number of nitrogens with one attached hydrogen (secondary N) is 1. The number of nitrogens with zero attached hydrogens (tertiary/aromatic N) is 4. The van der Waals surface area contributed by atoms with Crippen molar-refractivity contribution >= 4 is 23.0 Å². The van der Waals surface area contributed by atoms with Crippen LogP contribution in [0.25, 0.3) is 11.0 Å². The average molecular weight is 610 g/mol. The third-order valence-corrected chi connectivity index (χ3v) is 10.7. The highest BCUT2D eigenvalue weighted by Gasteiger charge is 2.54. The second-order valence-corrected chi connectivity index (χ2v) is 13.6. The number of H-pyrrole nitrogens is 1. The molecule has 1 spiro atoms. The van der Waals surface area contributed by atoms with Crippen LogP contribution in [-0.2, 0) is 6.54 Å². The molecule has 8 rings (SSSR count). The molecule has 45 heavy (non-hydrogen) atoms. The lowest BCUT2D eigenvalue weighted by Crippen LogP contribution is -2.68. The number of aldehydes is 1. The van der Waals surface area contributed by atoms with Gasteiger partial charge in [0.05, 0.1) is 24.3 Å². The zero-order valence-electron chi connectivity index (χ0n) is 25.8. The van der Waals surface area contributed by atoms with Gasteiger partial charge in [-0.2, -0.15) is 0 Å². The lowest BCUT2D eigenvalue weighted by molar-refractivity contribution is -0.0380. The van der Waals surface area contributed by atoms with Crippen LogP contribution in [0, 0.1) is 11.2 Å². The number of aromatic nitrogens is 2. The number of methoxy groups -OCH3 is 1. The van der Waals surface area contributed by atoms with E-state index in [2.05, 4.69) is 42.9 Å². The zero-order chi connectivity index (χ0) is 30.5. The Hall–Kier alpha value is -3.95. The molecule has 2 saturated heterocycles. The van der Waals surface area contributed by atoms with Gasteiger partial charge >= 0.3 is 0 Å². The van der Waals surface area contributed by atoms with Crippen LogP contribution < -0.4 is 14.4 Å². The summed E-state index contributed by atoms with van der Waals surface area (Å²) in [4.78, 5) is 26.4. The van der Waals surface area contributed by atoms with Gasteiger partial charge in [-0.1, -0.05) is 18.6 Å². The first-order valence-corrected chi connectivity index (χ1v) is 16.3. The van der Waals surface area contributed by atoms with Crippen LogP contribution in [0.2, 0.25) is 0 Å². The number of halogens is 1. The SMILES string of the molecule is COc1cc(CN2CCN(C3CC4(C3)CN(c3ccc(C=O)c(Oc5cnc6[nH]cc(F)c6c5)c3)C4)CC2)ccc1C1CCC1. The molecule has 4 aromatic rings. The van der Waals surface area contributed by atoms with Gasteiger partial charge in [0.1, 0.15) is 28.7 Å². The Morgan fingerprint density at radius 3 is 2.60 bits per heavy atom. The summed E-state index contributed by atoms with van der Waals surface area (Å²) in [6, 6.07) is 14.9. The Kier molecular flexibility index (Phi) is 7.25. The van der Waals surface area contributed by atoms with Gasteiger partial charge in [0.25, 0.3) is 0 Å². The Balaban J connectivity index is 0.833. The molecule has 2 aliphatic heterocycles. The second-order valence-electron chi connectivity index (χ2n) is 13.6. The summed E-state index contributed by atoms with van der Waals surface area (Å²) >= 11 is 0. The fourth-order valence-corrected chi connectivity index (χ4v) is 7.90. The first-order chi connectivity index (χ1) is 22.0. The van der Waals surface area contributed by atoms with Crippen LogP contribution in [0.4, 0.5) is 10.1 Å². The van der Waals surface area contributed by atoms with Crippen LogP contribution in [0.3, 0.4) is 0 Å². The number of anilines is 1. The molecule has 2 aliphatic carbocycles. The first kappa shape index (κ1) is 28.5. The normalized spacial score (nSPS) is 20.5. The van der Waals surface area contributed by atoms with E-state index in [0.29, 0.717) is 45.5 Å². The topological polar surface area (TPSA) is 73.9 Å². The van der Waals surface area contributed by atoms with Gasteiger partial charge < -0.3 is 19.4 Å². The highest BCUT2D eigenvalue weighted by Crippen LogP contribution is 2.52. The molecule has 0 unspecified atom stereocenters. The summed E-state index contributed by atoms with van der Waals surface area (Å²) in [5.74, 6) is 2.21. The average Bonchev–Trinajstić information content (AvgIpc) is 3.36. The molecule has 4 aliphatic rings. The molecule has 0 atom stereocenters. The molecule has 2 aromatic heterocycles. The van der Waals surface area contributed by atoms with Gasteiger partial charge in [-0.05, 0) is 67.0 Å². The largest absolute Gasteiger partial charge is 0.496 e. The van der Waals surface area contributed by atoms with E-state index in [-0.39, 0.29) is 5.82 Å². The number of fused-ring (bicyclic) bond motifs is 1. The van der Waals surface area contributed by atoms with Crippen molar-refractivity contribution in [3.63, 3.8) is 0 Å². The smallest absolute Gasteiger partial charge is 0.153 e. The monoisotopic (exact) mass is 609 g/mol. The number of hydrogen-bond acceptors (Lipinski definition) is 7. The lowest BCUT2D eigenvalue weighted by Gasteiger charge is -2.62. The van der Waals surface area contributed by atoms with Gasteiger partial charge in [-0.15, -0.1) is 0 Å². The molecule has 4 heterocycles. The minimum absolute atomic E-state index is 0.358. The fourth-order valence-electron chi connectivity index (χ4n) is 7.90. The number of rotatable bonds is 9. The molecule has 8 nitrogen and oxygen atoms in total. The Morgan fingerprint density at radius 1 is 1.04 bits per heavy atom. The van der Waals surface area contributed by atoms with Crippen LogP contribution in [0.15, 0.2) is 54.9 Å². The summed E-state index contributed by atoms with van der Waals surface area (Å²) in [5.41, 5.74) is 5.07. The molecule has 0 radical (unpaired) electrons. The maximum absolute atomic E-state index is 14.1. The van der Waals surface area contributed by atoms with Crippen LogP contribution >= 0.6 is 0 Å². The summed E-state index contributed by atoms with van der Waals surface area (Å²) in [7, 11) is 1.80. The molecule has 2 saturated carbocycles. The second kappa shape index (κ2) is 11.4. The highest BCUT2D eigenvalue weighted by molar-refractivity contribution is 5.82. The number of ether oxygens (including phenoxy) is 2. The molecular formula is C36H40FN5O3. The summed E-state index contributed by atoms with van der Waals surface area (Å²) in [6.07, 6.45) is 10.0. The Bertz CT molecular complexity index is 1710.